The Kier molecular flexibility index (Phi) is 5.38. The van der Waals surface area contributed by atoms with Crippen molar-refractivity contribution in [2.45, 2.75) is 57.5 Å². The molecule has 0 bridgehead atoms. The fourth-order valence-electron chi connectivity index (χ4n) is 3.37. The highest BCUT2D eigenvalue weighted by Gasteiger charge is 2.35. The van der Waals surface area contributed by atoms with Gasteiger partial charge in [0, 0.05) is 18.5 Å². The van der Waals surface area contributed by atoms with Gasteiger partial charge in [-0.3, -0.25) is 9.89 Å². The van der Waals surface area contributed by atoms with Gasteiger partial charge in [0.2, 0.25) is 0 Å². The van der Waals surface area contributed by atoms with Crippen molar-refractivity contribution in [3.8, 4) is 5.75 Å². The summed E-state index contributed by atoms with van der Waals surface area (Å²) in [6.45, 7) is 4.29. The van der Waals surface area contributed by atoms with Crippen LogP contribution in [0.3, 0.4) is 0 Å². The molecule has 152 valence electrons. The SMILES string of the molecule is CC1(C)Cc2cc(CNC(CCc3cn[nH]c3C(F)(F)F)C(=O)O)ccc2O1. The van der Waals surface area contributed by atoms with E-state index in [0.717, 1.165) is 29.5 Å². The number of aromatic nitrogens is 2. The number of aryl methyl sites for hydroxylation is 1. The summed E-state index contributed by atoms with van der Waals surface area (Å²) in [6.07, 6.45) is -2.73. The molecule has 0 saturated carbocycles. The van der Waals surface area contributed by atoms with Crippen LogP contribution >= 0.6 is 0 Å². The van der Waals surface area contributed by atoms with E-state index in [1.54, 1.807) is 0 Å². The maximum absolute atomic E-state index is 12.9. The molecule has 3 N–H and O–H groups in total. The van der Waals surface area contributed by atoms with Crippen molar-refractivity contribution in [1.82, 2.24) is 15.5 Å². The highest BCUT2D eigenvalue weighted by Crippen LogP contribution is 2.35. The molecular weight excluding hydrogens is 375 g/mol. The Morgan fingerprint density at radius 2 is 2.18 bits per heavy atom. The number of aromatic amines is 1. The lowest BCUT2D eigenvalue weighted by molar-refractivity contribution is -0.141. The summed E-state index contributed by atoms with van der Waals surface area (Å²) in [5, 5.41) is 17.7. The van der Waals surface area contributed by atoms with E-state index < -0.39 is 23.9 Å². The van der Waals surface area contributed by atoms with Gasteiger partial charge in [-0.2, -0.15) is 18.3 Å². The van der Waals surface area contributed by atoms with Gasteiger partial charge in [0.05, 0.1) is 6.20 Å². The average molecular weight is 397 g/mol. The molecule has 0 amide bonds. The highest BCUT2D eigenvalue weighted by molar-refractivity contribution is 5.73. The number of aliphatic carboxylic acids is 1. The van der Waals surface area contributed by atoms with Gasteiger partial charge in [0.15, 0.2) is 0 Å². The standard InChI is InChI=1S/C19H22F3N3O3/c1-18(2)8-13-7-11(3-6-15(13)28-18)9-23-14(17(26)27)5-4-12-10-24-25-16(12)19(20,21)22/h3,6-7,10,14,23H,4-5,8-9H2,1-2H3,(H,24,25)(H,26,27). The number of ether oxygens (including phenoxy) is 1. The Balaban J connectivity index is 1.61. The van der Waals surface area contributed by atoms with Crippen LogP contribution in [-0.2, 0) is 30.4 Å². The number of rotatable bonds is 7. The number of H-pyrrole nitrogens is 1. The number of carboxylic acids is 1. The first-order chi connectivity index (χ1) is 13.0. The fraction of sp³-hybridized carbons (Fsp3) is 0.474. The van der Waals surface area contributed by atoms with Gasteiger partial charge in [0.1, 0.15) is 23.1 Å². The monoisotopic (exact) mass is 397 g/mol. The average Bonchev–Trinajstić information content (AvgIpc) is 3.16. The third-order valence-corrected chi connectivity index (χ3v) is 4.68. The molecule has 1 unspecified atom stereocenters. The zero-order valence-corrected chi connectivity index (χ0v) is 15.6. The van der Waals surface area contributed by atoms with E-state index in [1.165, 1.54) is 0 Å². The minimum Gasteiger partial charge on any atom is -0.487 e. The van der Waals surface area contributed by atoms with Crippen LogP contribution in [0.25, 0.3) is 0 Å². The molecule has 3 rings (SSSR count). The molecule has 1 aliphatic heterocycles. The second kappa shape index (κ2) is 7.46. The number of carbonyl (C=O) groups is 1. The summed E-state index contributed by atoms with van der Waals surface area (Å²) in [6, 6.07) is 4.70. The first kappa shape index (κ1) is 20.2. The van der Waals surface area contributed by atoms with E-state index in [-0.39, 0.29) is 24.0 Å². The lowest BCUT2D eigenvalue weighted by atomic mass is 10.00. The Hall–Kier alpha value is -2.55. The summed E-state index contributed by atoms with van der Waals surface area (Å²) in [4.78, 5) is 11.5. The number of benzene rings is 1. The molecule has 2 aromatic rings. The van der Waals surface area contributed by atoms with Gasteiger partial charge in [-0.05, 0) is 43.9 Å². The zero-order chi connectivity index (χ0) is 20.5. The largest absolute Gasteiger partial charge is 0.487 e. The number of fused-ring (bicyclic) bond motifs is 1. The molecule has 1 aromatic carbocycles. The van der Waals surface area contributed by atoms with Crippen molar-refractivity contribution in [2.24, 2.45) is 0 Å². The van der Waals surface area contributed by atoms with Crippen LogP contribution in [0.5, 0.6) is 5.75 Å². The first-order valence-corrected chi connectivity index (χ1v) is 8.91. The lowest BCUT2D eigenvalue weighted by Crippen LogP contribution is -2.36. The molecule has 1 aromatic heterocycles. The van der Waals surface area contributed by atoms with Gasteiger partial charge in [-0.15, -0.1) is 0 Å². The number of nitrogens with one attached hydrogen (secondary N) is 2. The molecule has 6 nitrogen and oxygen atoms in total. The molecular formula is C19H22F3N3O3. The van der Waals surface area contributed by atoms with E-state index in [0.29, 0.717) is 6.54 Å². The van der Waals surface area contributed by atoms with Crippen molar-refractivity contribution >= 4 is 5.97 Å². The minimum atomic E-state index is -4.54. The van der Waals surface area contributed by atoms with Crippen molar-refractivity contribution in [2.75, 3.05) is 0 Å². The summed E-state index contributed by atoms with van der Waals surface area (Å²) < 4.78 is 44.5. The normalized spacial score (nSPS) is 16.5. The topological polar surface area (TPSA) is 87.2 Å². The van der Waals surface area contributed by atoms with E-state index >= 15 is 0 Å². The third kappa shape index (κ3) is 4.64. The molecule has 1 aliphatic rings. The number of nitrogens with zero attached hydrogens (tertiary/aromatic N) is 1. The lowest BCUT2D eigenvalue weighted by Gasteiger charge is -2.16. The van der Waals surface area contributed by atoms with Crippen molar-refractivity contribution in [1.29, 1.82) is 0 Å². The number of alkyl halides is 3. The maximum atomic E-state index is 12.9. The number of halogens is 3. The quantitative estimate of drug-likeness (QED) is 0.667. The van der Waals surface area contributed by atoms with Crippen molar-refractivity contribution in [3.63, 3.8) is 0 Å². The zero-order valence-electron chi connectivity index (χ0n) is 15.6. The van der Waals surface area contributed by atoms with Crippen LogP contribution in [-0.4, -0.2) is 32.9 Å². The molecule has 0 radical (unpaired) electrons. The van der Waals surface area contributed by atoms with Crippen LogP contribution in [0, 0.1) is 0 Å². The Bertz CT molecular complexity index is 862. The van der Waals surface area contributed by atoms with E-state index in [2.05, 4.69) is 10.4 Å². The van der Waals surface area contributed by atoms with Crippen LogP contribution in [0.4, 0.5) is 13.2 Å². The highest BCUT2D eigenvalue weighted by atomic mass is 19.4. The summed E-state index contributed by atoms with van der Waals surface area (Å²) in [7, 11) is 0. The van der Waals surface area contributed by atoms with Gasteiger partial charge in [-0.25, -0.2) is 0 Å². The molecule has 9 heteroatoms. The van der Waals surface area contributed by atoms with Gasteiger partial charge in [0.25, 0.3) is 0 Å². The predicted molar refractivity (Wildman–Crippen MR) is 95.0 cm³/mol. The van der Waals surface area contributed by atoms with Gasteiger partial charge < -0.3 is 15.2 Å². The minimum absolute atomic E-state index is 0.0129. The van der Waals surface area contributed by atoms with Crippen LogP contribution < -0.4 is 10.1 Å². The molecule has 28 heavy (non-hydrogen) atoms. The molecule has 0 saturated heterocycles. The van der Waals surface area contributed by atoms with E-state index in [1.807, 2.05) is 37.1 Å². The van der Waals surface area contributed by atoms with Crippen molar-refractivity contribution < 1.29 is 27.8 Å². The Morgan fingerprint density at radius 3 is 2.86 bits per heavy atom. The van der Waals surface area contributed by atoms with Gasteiger partial charge >= 0.3 is 12.1 Å². The number of hydrogen-bond acceptors (Lipinski definition) is 4. The number of carboxylic acid groups (broad SMARTS) is 1. The second-order valence-electron chi connectivity index (χ2n) is 7.56. The fourth-order valence-corrected chi connectivity index (χ4v) is 3.37. The van der Waals surface area contributed by atoms with Gasteiger partial charge in [-0.1, -0.05) is 12.1 Å². The van der Waals surface area contributed by atoms with Crippen LogP contribution in [0.1, 0.15) is 42.7 Å². The van der Waals surface area contributed by atoms with Crippen LogP contribution in [0.15, 0.2) is 24.4 Å². The first-order valence-electron chi connectivity index (χ1n) is 8.91. The molecule has 0 fully saturated rings. The molecule has 0 aliphatic carbocycles. The smallest absolute Gasteiger partial charge is 0.433 e. The predicted octanol–water partition coefficient (Wildman–Crippen LogP) is 3.32. The summed E-state index contributed by atoms with van der Waals surface area (Å²) in [5.41, 5.74) is 0.712. The Labute approximate surface area is 160 Å². The summed E-state index contributed by atoms with van der Waals surface area (Å²) >= 11 is 0. The van der Waals surface area contributed by atoms with Crippen molar-refractivity contribution in [3.05, 3.63) is 46.8 Å². The van der Waals surface area contributed by atoms with E-state index in [9.17, 15) is 23.1 Å². The maximum Gasteiger partial charge on any atom is 0.433 e. The third-order valence-electron chi connectivity index (χ3n) is 4.68. The van der Waals surface area contributed by atoms with E-state index in [4.69, 9.17) is 4.74 Å². The molecule has 0 spiro atoms. The second-order valence-corrected chi connectivity index (χ2v) is 7.56. The molecule has 2 heterocycles. The van der Waals surface area contributed by atoms with Crippen LogP contribution in [0.2, 0.25) is 0 Å². The Morgan fingerprint density at radius 1 is 1.43 bits per heavy atom. The summed E-state index contributed by atoms with van der Waals surface area (Å²) in [5.74, 6) is -0.286. The molecule has 1 atom stereocenters. The number of hydrogen-bond donors (Lipinski definition) is 3.